The van der Waals surface area contributed by atoms with Crippen LogP contribution in [0.4, 0.5) is 13.9 Å². The topological polar surface area (TPSA) is 24.9 Å². The number of thiazole rings is 1. The second-order valence-electron chi connectivity index (χ2n) is 3.24. The van der Waals surface area contributed by atoms with Gasteiger partial charge in [0.25, 0.3) is 6.43 Å². The molecule has 0 bridgehead atoms. The molecule has 0 aliphatic rings. The SMILES string of the molecule is FC(F)c1cccc(CNc2nccs2)c1. The van der Waals surface area contributed by atoms with Crippen LogP contribution in [0.5, 0.6) is 0 Å². The molecule has 0 fully saturated rings. The molecule has 2 aromatic rings. The molecule has 2 rings (SSSR count). The summed E-state index contributed by atoms with van der Waals surface area (Å²) >= 11 is 1.48. The second-order valence-corrected chi connectivity index (χ2v) is 4.13. The lowest BCUT2D eigenvalue weighted by Gasteiger charge is -2.05. The van der Waals surface area contributed by atoms with Crippen molar-refractivity contribution in [2.75, 3.05) is 5.32 Å². The van der Waals surface area contributed by atoms with Crippen molar-refractivity contribution in [2.45, 2.75) is 13.0 Å². The third kappa shape index (κ3) is 2.76. The maximum atomic E-state index is 12.4. The summed E-state index contributed by atoms with van der Waals surface area (Å²) in [6.45, 7) is 0.508. The zero-order valence-corrected chi connectivity index (χ0v) is 9.18. The third-order valence-electron chi connectivity index (χ3n) is 2.08. The standard InChI is InChI=1S/C11H10F2N2S/c12-10(13)9-3-1-2-8(6-9)7-15-11-14-4-5-16-11/h1-6,10H,7H2,(H,14,15). The number of hydrogen-bond donors (Lipinski definition) is 1. The molecule has 0 unspecified atom stereocenters. The van der Waals surface area contributed by atoms with Crippen molar-refractivity contribution in [1.29, 1.82) is 0 Å². The van der Waals surface area contributed by atoms with E-state index < -0.39 is 6.43 Å². The average Bonchev–Trinajstić information content (AvgIpc) is 2.79. The molecule has 84 valence electrons. The summed E-state index contributed by atoms with van der Waals surface area (Å²) in [5.41, 5.74) is 0.881. The minimum Gasteiger partial charge on any atom is -0.357 e. The van der Waals surface area contributed by atoms with Gasteiger partial charge in [0.15, 0.2) is 5.13 Å². The Balaban J connectivity index is 2.01. The lowest BCUT2D eigenvalue weighted by molar-refractivity contribution is 0.151. The van der Waals surface area contributed by atoms with Gasteiger partial charge in [-0.3, -0.25) is 0 Å². The number of hydrogen-bond acceptors (Lipinski definition) is 3. The minimum atomic E-state index is -2.42. The molecule has 5 heteroatoms. The highest BCUT2D eigenvalue weighted by atomic mass is 32.1. The van der Waals surface area contributed by atoms with Crippen molar-refractivity contribution >= 4 is 16.5 Å². The molecule has 1 heterocycles. The Hall–Kier alpha value is -1.49. The zero-order chi connectivity index (χ0) is 11.4. The largest absolute Gasteiger partial charge is 0.357 e. The van der Waals surface area contributed by atoms with Gasteiger partial charge in [-0.1, -0.05) is 18.2 Å². The van der Waals surface area contributed by atoms with E-state index in [1.165, 1.54) is 23.5 Å². The zero-order valence-electron chi connectivity index (χ0n) is 8.36. The third-order valence-corrected chi connectivity index (χ3v) is 2.81. The molecular weight excluding hydrogens is 230 g/mol. The first-order chi connectivity index (χ1) is 7.75. The second kappa shape index (κ2) is 5.03. The highest BCUT2D eigenvalue weighted by molar-refractivity contribution is 7.13. The number of nitrogens with one attached hydrogen (secondary N) is 1. The molecular formula is C11H10F2N2S. The highest BCUT2D eigenvalue weighted by Crippen LogP contribution is 2.20. The van der Waals surface area contributed by atoms with E-state index in [0.29, 0.717) is 6.54 Å². The van der Waals surface area contributed by atoms with Gasteiger partial charge in [0, 0.05) is 23.7 Å². The fourth-order valence-corrected chi connectivity index (χ4v) is 1.86. The van der Waals surface area contributed by atoms with Crippen LogP contribution in [-0.2, 0) is 6.54 Å². The first-order valence-corrected chi connectivity index (χ1v) is 5.64. The highest BCUT2D eigenvalue weighted by Gasteiger charge is 2.06. The van der Waals surface area contributed by atoms with Crippen LogP contribution in [0.25, 0.3) is 0 Å². The van der Waals surface area contributed by atoms with Gasteiger partial charge in [0.05, 0.1) is 0 Å². The van der Waals surface area contributed by atoms with Crippen molar-refractivity contribution < 1.29 is 8.78 Å². The molecule has 0 spiro atoms. The Kier molecular flexibility index (Phi) is 3.46. The summed E-state index contributed by atoms with van der Waals surface area (Å²) < 4.78 is 24.9. The van der Waals surface area contributed by atoms with Crippen LogP contribution >= 0.6 is 11.3 Å². The van der Waals surface area contributed by atoms with E-state index in [2.05, 4.69) is 10.3 Å². The van der Waals surface area contributed by atoms with Crippen LogP contribution in [0.1, 0.15) is 17.6 Å². The van der Waals surface area contributed by atoms with Crippen LogP contribution in [0.2, 0.25) is 0 Å². The van der Waals surface area contributed by atoms with E-state index in [1.54, 1.807) is 12.3 Å². The molecule has 0 atom stereocenters. The van der Waals surface area contributed by atoms with Crippen LogP contribution in [0.3, 0.4) is 0 Å². The molecule has 0 radical (unpaired) electrons. The predicted molar refractivity (Wildman–Crippen MR) is 60.8 cm³/mol. The van der Waals surface area contributed by atoms with Crippen LogP contribution in [0, 0.1) is 0 Å². The molecule has 0 aliphatic carbocycles. The van der Waals surface area contributed by atoms with Gasteiger partial charge in [0.2, 0.25) is 0 Å². The summed E-state index contributed by atoms with van der Waals surface area (Å²) in [7, 11) is 0. The number of halogens is 2. The van der Waals surface area contributed by atoms with E-state index in [9.17, 15) is 8.78 Å². The van der Waals surface area contributed by atoms with Crippen molar-refractivity contribution in [3.05, 3.63) is 47.0 Å². The molecule has 1 N–H and O–H groups in total. The van der Waals surface area contributed by atoms with Crippen molar-refractivity contribution in [3.63, 3.8) is 0 Å². The first-order valence-electron chi connectivity index (χ1n) is 4.76. The van der Waals surface area contributed by atoms with Gasteiger partial charge in [-0.05, 0) is 11.6 Å². The van der Waals surface area contributed by atoms with Crippen molar-refractivity contribution in [1.82, 2.24) is 4.98 Å². The van der Waals surface area contributed by atoms with Gasteiger partial charge >= 0.3 is 0 Å². The van der Waals surface area contributed by atoms with E-state index in [4.69, 9.17) is 0 Å². The van der Waals surface area contributed by atoms with Crippen molar-refractivity contribution in [2.24, 2.45) is 0 Å². The lowest BCUT2D eigenvalue weighted by atomic mass is 10.1. The molecule has 16 heavy (non-hydrogen) atoms. The van der Waals surface area contributed by atoms with Gasteiger partial charge in [-0.25, -0.2) is 13.8 Å². The Morgan fingerprint density at radius 3 is 2.94 bits per heavy atom. The van der Waals surface area contributed by atoms with E-state index >= 15 is 0 Å². The Labute approximate surface area is 96.0 Å². The number of rotatable bonds is 4. The smallest absolute Gasteiger partial charge is 0.263 e. The lowest BCUT2D eigenvalue weighted by Crippen LogP contribution is -1.99. The summed E-state index contributed by atoms with van der Waals surface area (Å²) in [6, 6.07) is 6.38. The molecule has 1 aromatic carbocycles. The Bertz CT molecular complexity index is 443. The maximum absolute atomic E-state index is 12.4. The Morgan fingerprint density at radius 1 is 1.38 bits per heavy atom. The average molecular weight is 240 g/mol. The minimum absolute atomic E-state index is 0.0541. The number of anilines is 1. The van der Waals surface area contributed by atoms with E-state index in [-0.39, 0.29) is 5.56 Å². The molecule has 2 nitrogen and oxygen atoms in total. The summed E-state index contributed by atoms with van der Waals surface area (Å²) in [6.07, 6.45) is -0.720. The molecule has 0 saturated carbocycles. The molecule has 0 amide bonds. The van der Waals surface area contributed by atoms with Crippen LogP contribution < -0.4 is 5.32 Å². The van der Waals surface area contributed by atoms with E-state index in [0.717, 1.165) is 10.7 Å². The van der Waals surface area contributed by atoms with Gasteiger partial charge < -0.3 is 5.32 Å². The first kappa shape index (κ1) is 11.0. The molecule has 0 saturated heterocycles. The molecule has 0 aliphatic heterocycles. The van der Waals surface area contributed by atoms with Crippen LogP contribution in [0.15, 0.2) is 35.8 Å². The summed E-state index contributed by atoms with van der Waals surface area (Å²) in [5, 5.41) is 5.72. The normalized spacial score (nSPS) is 10.7. The fourth-order valence-electron chi connectivity index (χ4n) is 1.33. The Morgan fingerprint density at radius 2 is 2.25 bits per heavy atom. The molecule has 1 aromatic heterocycles. The summed E-state index contributed by atoms with van der Waals surface area (Å²) in [4.78, 5) is 4.05. The predicted octanol–water partition coefficient (Wildman–Crippen LogP) is 3.69. The van der Waals surface area contributed by atoms with Gasteiger partial charge in [-0.15, -0.1) is 11.3 Å². The van der Waals surface area contributed by atoms with Gasteiger partial charge in [0.1, 0.15) is 0 Å². The monoisotopic (exact) mass is 240 g/mol. The number of benzene rings is 1. The van der Waals surface area contributed by atoms with Crippen molar-refractivity contribution in [3.8, 4) is 0 Å². The number of aromatic nitrogens is 1. The van der Waals surface area contributed by atoms with Gasteiger partial charge in [-0.2, -0.15) is 0 Å². The van der Waals surface area contributed by atoms with Crippen LogP contribution in [-0.4, -0.2) is 4.98 Å². The summed E-state index contributed by atoms with van der Waals surface area (Å²) in [5.74, 6) is 0. The number of nitrogens with zero attached hydrogens (tertiary/aromatic N) is 1. The fraction of sp³-hybridized carbons (Fsp3) is 0.182. The quantitative estimate of drug-likeness (QED) is 0.881. The maximum Gasteiger partial charge on any atom is 0.263 e. The van der Waals surface area contributed by atoms with E-state index in [1.807, 2.05) is 11.4 Å². The number of alkyl halides is 2.